The van der Waals surface area contributed by atoms with E-state index in [9.17, 15) is 4.39 Å². The Balaban J connectivity index is 2.34. The molecule has 0 aliphatic heterocycles. The average Bonchev–Trinajstić information content (AvgIpc) is 2.44. The van der Waals surface area contributed by atoms with Crippen LogP contribution in [0.3, 0.4) is 0 Å². The number of benzene rings is 2. The molecule has 2 aromatic carbocycles. The zero-order valence-corrected chi connectivity index (χ0v) is 11.5. The Kier molecular flexibility index (Phi) is 4.40. The summed E-state index contributed by atoms with van der Waals surface area (Å²) < 4.78 is 18.7. The molecule has 0 aromatic heterocycles. The molecule has 0 saturated heterocycles. The summed E-state index contributed by atoms with van der Waals surface area (Å²) in [7, 11) is 3.46. The molecule has 0 aliphatic rings. The Hall–Kier alpha value is -1.58. The van der Waals surface area contributed by atoms with E-state index in [1.807, 2.05) is 37.4 Å². The number of hydrogen-bond donors (Lipinski definition) is 1. The summed E-state index contributed by atoms with van der Waals surface area (Å²) >= 11 is 5.70. The van der Waals surface area contributed by atoms with Gasteiger partial charge in [0.25, 0.3) is 0 Å². The van der Waals surface area contributed by atoms with E-state index in [2.05, 4.69) is 5.32 Å². The van der Waals surface area contributed by atoms with Crippen molar-refractivity contribution in [1.82, 2.24) is 5.32 Å². The lowest BCUT2D eigenvalue weighted by Crippen LogP contribution is -2.17. The van der Waals surface area contributed by atoms with Crippen LogP contribution >= 0.6 is 11.6 Å². The van der Waals surface area contributed by atoms with Crippen molar-refractivity contribution in [2.75, 3.05) is 14.2 Å². The van der Waals surface area contributed by atoms with E-state index in [1.54, 1.807) is 13.2 Å². The van der Waals surface area contributed by atoms with Crippen LogP contribution in [0.1, 0.15) is 17.2 Å². The van der Waals surface area contributed by atoms with Gasteiger partial charge in [0.15, 0.2) is 0 Å². The smallest absolute Gasteiger partial charge is 0.142 e. The third kappa shape index (κ3) is 3.06. The van der Waals surface area contributed by atoms with Crippen LogP contribution in [0.15, 0.2) is 42.5 Å². The van der Waals surface area contributed by atoms with Crippen LogP contribution < -0.4 is 10.1 Å². The maximum atomic E-state index is 13.5. The molecule has 4 heteroatoms. The van der Waals surface area contributed by atoms with Gasteiger partial charge in [0, 0.05) is 0 Å². The summed E-state index contributed by atoms with van der Waals surface area (Å²) in [6.45, 7) is 0. The van der Waals surface area contributed by atoms with E-state index < -0.39 is 5.82 Å². The second kappa shape index (κ2) is 6.04. The van der Waals surface area contributed by atoms with Gasteiger partial charge in [-0.1, -0.05) is 29.8 Å². The fraction of sp³-hybridized carbons (Fsp3) is 0.200. The maximum absolute atomic E-state index is 13.5. The molecule has 0 radical (unpaired) electrons. The quantitative estimate of drug-likeness (QED) is 0.919. The third-order valence-electron chi connectivity index (χ3n) is 3.01. The topological polar surface area (TPSA) is 21.3 Å². The van der Waals surface area contributed by atoms with E-state index in [1.165, 1.54) is 6.07 Å². The summed E-state index contributed by atoms with van der Waals surface area (Å²) in [6, 6.07) is 12.4. The van der Waals surface area contributed by atoms with Crippen LogP contribution in [0.4, 0.5) is 4.39 Å². The molecule has 1 N–H and O–H groups in total. The van der Waals surface area contributed by atoms with Gasteiger partial charge >= 0.3 is 0 Å². The number of halogens is 2. The third-order valence-corrected chi connectivity index (χ3v) is 3.32. The van der Waals surface area contributed by atoms with Crippen molar-refractivity contribution in [2.24, 2.45) is 0 Å². The molecule has 0 saturated carbocycles. The van der Waals surface area contributed by atoms with Crippen LogP contribution in [0.2, 0.25) is 5.02 Å². The first-order valence-corrected chi connectivity index (χ1v) is 6.29. The van der Waals surface area contributed by atoms with Gasteiger partial charge in [-0.05, 0) is 42.4 Å². The molecule has 100 valence electrons. The molecule has 19 heavy (non-hydrogen) atoms. The number of rotatable bonds is 4. The minimum absolute atomic E-state index is 0.0855. The van der Waals surface area contributed by atoms with Crippen LogP contribution in [0, 0.1) is 5.82 Å². The Morgan fingerprint density at radius 1 is 1.11 bits per heavy atom. The normalized spacial score (nSPS) is 12.2. The zero-order valence-electron chi connectivity index (χ0n) is 10.8. The molecular formula is C15H15ClFNO. The molecule has 2 aromatic rings. The van der Waals surface area contributed by atoms with Gasteiger partial charge < -0.3 is 10.1 Å². The van der Waals surface area contributed by atoms with Crippen LogP contribution in [-0.2, 0) is 0 Å². The predicted octanol–water partition coefficient (Wildman–Crippen LogP) is 3.80. The highest BCUT2D eigenvalue weighted by Gasteiger charge is 2.13. The molecule has 0 amide bonds. The number of nitrogens with one attached hydrogen (secondary N) is 1. The summed E-state index contributed by atoms with van der Waals surface area (Å²) in [5, 5.41) is 3.30. The highest BCUT2D eigenvalue weighted by molar-refractivity contribution is 6.30. The molecule has 0 aliphatic carbocycles. The molecular weight excluding hydrogens is 265 g/mol. The van der Waals surface area contributed by atoms with Crippen molar-refractivity contribution in [3.05, 3.63) is 64.4 Å². The highest BCUT2D eigenvalue weighted by Crippen LogP contribution is 2.26. The SMILES string of the molecule is CNC(c1ccc(OC)cc1)c1ccc(Cl)c(F)c1. The van der Waals surface area contributed by atoms with Crippen molar-refractivity contribution in [2.45, 2.75) is 6.04 Å². The Morgan fingerprint density at radius 3 is 2.26 bits per heavy atom. The minimum atomic E-state index is -0.409. The first-order chi connectivity index (χ1) is 9.15. The second-order valence-electron chi connectivity index (χ2n) is 4.17. The van der Waals surface area contributed by atoms with Crippen molar-refractivity contribution in [3.8, 4) is 5.75 Å². The van der Waals surface area contributed by atoms with Gasteiger partial charge in [-0.25, -0.2) is 4.39 Å². The minimum Gasteiger partial charge on any atom is -0.497 e. The summed E-state index contributed by atoms with van der Waals surface area (Å²) in [5.41, 5.74) is 1.86. The Bertz CT molecular complexity index is 557. The van der Waals surface area contributed by atoms with Crippen molar-refractivity contribution in [1.29, 1.82) is 0 Å². The predicted molar refractivity (Wildman–Crippen MR) is 75.3 cm³/mol. The van der Waals surface area contributed by atoms with E-state index in [0.717, 1.165) is 16.9 Å². The number of ether oxygens (including phenoxy) is 1. The van der Waals surface area contributed by atoms with E-state index >= 15 is 0 Å². The molecule has 0 fully saturated rings. The largest absolute Gasteiger partial charge is 0.497 e. The molecule has 2 rings (SSSR count). The molecule has 0 spiro atoms. The first-order valence-electron chi connectivity index (χ1n) is 5.92. The van der Waals surface area contributed by atoms with Gasteiger partial charge in [0.05, 0.1) is 18.2 Å². The summed E-state index contributed by atoms with van der Waals surface area (Å²) in [4.78, 5) is 0. The van der Waals surface area contributed by atoms with Crippen LogP contribution in [0.5, 0.6) is 5.75 Å². The van der Waals surface area contributed by atoms with Gasteiger partial charge in [-0.3, -0.25) is 0 Å². The second-order valence-corrected chi connectivity index (χ2v) is 4.58. The Morgan fingerprint density at radius 2 is 1.74 bits per heavy atom. The van der Waals surface area contributed by atoms with Gasteiger partial charge in [-0.2, -0.15) is 0 Å². The zero-order chi connectivity index (χ0) is 13.8. The lowest BCUT2D eigenvalue weighted by molar-refractivity contribution is 0.414. The lowest BCUT2D eigenvalue weighted by atomic mass is 9.99. The van der Waals surface area contributed by atoms with Gasteiger partial charge in [0.1, 0.15) is 11.6 Å². The summed E-state index contributed by atoms with van der Waals surface area (Å²) in [5.74, 6) is 0.383. The van der Waals surface area contributed by atoms with E-state index in [0.29, 0.717) is 0 Å². The van der Waals surface area contributed by atoms with Crippen LogP contribution in [0.25, 0.3) is 0 Å². The summed E-state index contributed by atoms with van der Waals surface area (Å²) in [6.07, 6.45) is 0. The lowest BCUT2D eigenvalue weighted by Gasteiger charge is -2.18. The van der Waals surface area contributed by atoms with Crippen molar-refractivity contribution in [3.63, 3.8) is 0 Å². The number of methoxy groups -OCH3 is 1. The van der Waals surface area contributed by atoms with Gasteiger partial charge in [-0.15, -0.1) is 0 Å². The van der Waals surface area contributed by atoms with E-state index in [-0.39, 0.29) is 11.1 Å². The molecule has 0 heterocycles. The number of hydrogen-bond acceptors (Lipinski definition) is 2. The highest BCUT2D eigenvalue weighted by atomic mass is 35.5. The molecule has 1 unspecified atom stereocenters. The van der Waals surface area contributed by atoms with Crippen LogP contribution in [-0.4, -0.2) is 14.2 Å². The first kappa shape index (κ1) is 13.8. The van der Waals surface area contributed by atoms with E-state index in [4.69, 9.17) is 16.3 Å². The van der Waals surface area contributed by atoms with Gasteiger partial charge in [0.2, 0.25) is 0 Å². The van der Waals surface area contributed by atoms with Crippen molar-refractivity contribution < 1.29 is 9.13 Å². The molecule has 0 bridgehead atoms. The average molecular weight is 280 g/mol. The van der Waals surface area contributed by atoms with Crippen molar-refractivity contribution >= 4 is 11.6 Å². The Labute approximate surface area is 117 Å². The molecule has 2 nitrogen and oxygen atoms in total. The fourth-order valence-electron chi connectivity index (χ4n) is 2.01. The fourth-order valence-corrected chi connectivity index (χ4v) is 2.13. The standard InChI is InChI=1S/C15H15ClFNO/c1-18-15(10-3-6-12(19-2)7-4-10)11-5-8-13(16)14(17)9-11/h3-9,15,18H,1-2H3. The monoisotopic (exact) mass is 279 g/mol. The maximum Gasteiger partial charge on any atom is 0.142 e. The molecule has 1 atom stereocenters.